The monoisotopic (exact) mass is 444 g/mol. The lowest BCUT2D eigenvalue weighted by atomic mass is 10.2. The minimum Gasteiger partial charge on any atom is -0.342 e. The highest BCUT2D eigenvalue weighted by atomic mass is 35.5. The predicted octanol–water partition coefficient (Wildman–Crippen LogP) is 4.52. The number of halogens is 1. The van der Waals surface area contributed by atoms with Crippen LogP contribution in [0.5, 0.6) is 0 Å². The van der Waals surface area contributed by atoms with Gasteiger partial charge in [-0.3, -0.25) is 4.79 Å². The molecule has 0 atom stereocenters. The smallest absolute Gasteiger partial charge is 0.238 e. The predicted molar refractivity (Wildman–Crippen MR) is 120 cm³/mol. The van der Waals surface area contributed by atoms with E-state index in [-0.39, 0.29) is 10.8 Å². The highest BCUT2D eigenvalue weighted by Crippen LogP contribution is 2.28. The third-order valence-electron chi connectivity index (χ3n) is 5.66. The summed E-state index contributed by atoms with van der Waals surface area (Å²) < 4.78 is 28.4. The highest BCUT2D eigenvalue weighted by Gasteiger charge is 2.27. The van der Waals surface area contributed by atoms with Crippen LogP contribution in [0.3, 0.4) is 0 Å². The summed E-state index contributed by atoms with van der Waals surface area (Å²) in [6.07, 6.45) is 5.68. The molecule has 0 radical (unpaired) electrons. The maximum absolute atomic E-state index is 13.2. The van der Waals surface area contributed by atoms with Crippen LogP contribution in [0.2, 0.25) is 5.02 Å². The molecule has 2 aromatic carbocycles. The van der Waals surface area contributed by atoms with Crippen LogP contribution in [-0.2, 0) is 21.2 Å². The van der Waals surface area contributed by atoms with Gasteiger partial charge in [0.25, 0.3) is 0 Å². The molecular weight excluding hydrogens is 420 g/mol. The Morgan fingerprint density at radius 2 is 1.60 bits per heavy atom. The Hall–Kier alpha value is -2.31. The fraction of sp³-hybridized carbons (Fsp3) is 0.348. The fourth-order valence-electron chi connectivity index (χ4n) is 4.05. The van der Waals surface area contributed by atoms with Crippen LogP contribution in [0.1, 0.15) is 31.2 Å². The minimum atomic E-state index is -3.77. The number of nitrogens with zero attached hydrogens (tertiary/aromatic N) is 2. The summed E-state index contributed by atoms with van der Waals surface area (Å²) in [5.41, 5.74) is 1.71. The second-order valence-electron chi connectivity index (χ2n) is 7.78. The zero-order chi connectivity index (χ0) is 21.1. The van der Waals surface area contributed by atoms with Gasteiger partial charge in [0, 0.05) is 41.8 Å². The Morgan fingerprint density at radius 1 is 0.933 bits per heavy atom. The first-order valence-electron chi connectivity index (χ1n) is 10.3. The van der Waals surface area contributed by atoms with E-state index in [0.29, 0.717) is 30.0 Å². The van der Waals surface area contributed by atoms with Crippen LogP contribution in [0, 0.1) is 0 Å². The summed E-state index contributed by atoms with van der Waals surface area (Å²) >= 11 is 6.31. The summed E-state index contributed by atoms with van der Waals surface area (Å²) in [4.78, 5) is 14.6. The molecule has 1 fully saturated rings. The Labute approximate surface area is 182 Å². The molecule has 1 aliphatic heterocycles. The van der Waals surface area contributed by atoms with Crippen LogP contribution in [0.4, 0.5) is 0 Å². The molecule has 1 aliphatic rings. The second-order valence-corrected chi connectivity index (χ2v) is 10.1. The van der Waals surface area contributed by atoms with Crippen molar-refractivity contribution in [3.63, 3.8) is 0 Å². The quantitative estimate of drug-likeness (QED) is 0.581. The standard InChI is InChI=1S/C23H25ClN2O3S/c24-20-11-5-3-9-18(20)15-26-16-22(19-10-4-6-12-21(19)26)30(28,29)17-23(27)25-13-7-1-2-8-14-25/h3-6,9-12,16H,1-2,7-8,13-15,17H2. The van der Waals surface area contributed by atoms with E-state index in [1.54, 1.807) is 17.2 Å². The lowest BCUT2D eigenvalue weighted by Crippen LogP contribution is -2.36. The molecule has 5 nitrogen and oxygen atoms in total. The number of fused-ring (bicyclic) bond motifs is 1. The van der Waals surface area contributed by atoms with Gasteiger partial charge in [-0.2, -0.15) is 0 Å². The van der Waals surface area contributed by atoms with Crippen molar-refractivity contribution in [2.24, 2.45) is 0 Å². The molecule has 4 rings (SSSR count). The summed E-state index contributed by atoms with van der Waals surface area (Å²) in [5.74, 6) is -0.799. The molecule has 30 heavy (non-hydrogen) atoms. The van der Waals surface area contributed by atoms with Crippen molar-refractivity contribution in [1.82, 2.24) is 9.47 Å². The van der Waals surface area contributed by atoms with Crippen molar-refractivity contribution in [3.05, 3.63) is 65.3 Å². The number of para-hydroxylation sites is 1. The minimum absolute atomic E-state index is 0.202. The molecule has 7 heteroatoms. The zero-order valence-corrected chi connectivity index (χ0v) is 18.3. The number of rotatable bonds is 5. The van der Waals surface area contributed by atoms with E-state index in [9.17, 15) is 13.2 Å². The van der Waals surface area contributed by atoms with Crippen molar-refractivity contribution in [2.45, 2.75) is 37.1 Å². The van der Waals surface area contributed by atoms with Crippen LogP contribution < -0.4 is 0 Å². The molecule has 158 valence electrons. The van der Waals surface area contributed by atoms with E-state index in [1.165, 1.54) is 0 Å². The largest absolute Gasteiger partial charge is 0.342 e. The Bertz CT molecular complexity index is 1160. The number of sulfone groups is 1. The summed E-state index contributed by atoms with van der Waals surface area (Å²) in [5, 5.41) is 1.27. The average molecular weight is 445 g/mol. The first-order chi connectivity index (χ1) is 14.5. The third-order valence-corrected chi connectivity index (χ3v) is 7.65. The molecular formula is C23H25ClN2O3S. The Balaban J connectivity index is 1.66. The van der Waals surface area contributed by atoms with Crippen molar-refractivity contribution in [2.75, 3.05) is 18.8 Å². The summed E-state index contributed by atoms with van der Waals surface area (Å²) in [6, 6.07) is 14.9. The molecule has 0 unspecified atom stereocenters. The van der Waals surface area contributed by atoms with E-state index in [0.717, 1.165) is 36.8 Å². The summed E-state index contributed by atoms with van der Waals surface area (Å²) in [7, 11) is -3.77. The van der Waals surface area contributed by atoms with Gasteiger partial charge in [-0.1, -0.05) is 60.8 Å². The molecule has 1 amide bonds. The molecule has 0 N–H and O–H groups in total. The summed E-state index contributed by atoms with van der Waals surface area (Å²) in [6.45, 7) is 1.74. The van der Waals surface area contributed by atoms with Gasteiger partial charge >= 0.3 is 0 Å². The normalized spacial score (nSPS) is 15.3. The lowest BCUT2D eigenvalue weighted by Gasteiger charge is -2.20. The SMILES string of the molecule is O=C(CS(=O)(=O)c1cn(Cc2ccccc2Cl)c2ccccc12)N1CCCCCC1. The first kappa shape index (κ1) is 20.9. The second kappa shape index (κ2) is 8.82. The van der Waals surface area contributed by atoms with Gasteiger partial charge in [-0.15, -0.1) is 0 Å². The average Bonchev–Trinajstić information content (AvgIpc) is 2.89. The number of benzene rings is 2. The third kappa shape index (κ3) is 4.40. The van der Waals surface area contributed by atoms with Crippen molar-refractivity contribution < 1.29 is 13.2 Å². The molecule has 0 bridgehead atoms. The number of likely N-dealkylation sites (tertiary alicyclic amines) is 1. The van der Waals surface area contributed by atoms with Crippen LogP contribution in [0.25, 0.3) is 10.9 Å². The van der Waals surface area contributed by atoms with Crippen molar-refractivity contribution in [3.8, 4) is 0 Å². The molecule has 0 saturated carbocycles. The fourth-order valence-corrected chi connectivity index (χ4v) is 5.71. The van der Waals surface area contributed by atoms with E-state index >= 15 is 0 Å². The topological polar surface area (TPSA) is 59.4 Å². The van der Waals surface area contributed by atoms with Crippen LogP contribution in [0.15, 0.2) is 59.6 Å². The number of hydrogen-bond acceptors (Lipinski definition) is 3. The maximum atomic E-state index is 13.2. The number of amides is 1. The molecule has 1 aromatic heterocycles. The van der Waals surface area contributed by atoms with Crippen LogP contribution in [-0.4, -0.2) is 42.6 Å². The number of carbonyl (C=O) groups excluding carboxylic acids is 1. The molecule has 0 spiro atoms. The van der Waals surface area contributed by atoms with Gasteiger partial charge in [0.2, 0.25) is 5.91 Å². The Morgan fingerprint density at radius 3 is 2.33 bits per heavy atom. The number of aromatic nitrogens is 1. The van der Waals surface area contributed by atoms with E-state index in [1.807, 2.05) is 47.0 Å². The van der Waals surface area contributed by atoms with Gasteiger partial charge in [0.05, 0.1) is 4.90 Å². The van der Waals surface area contributed by atoms with E-state index in [4.69, 9.17) is 11.6 Å². The van der Waals surface area contributed by atoms with Gasteiger partial charge in [0.1, 0.15) is 5.75 Å². The highest BCUT2D eigenvalue weighted by molar-refractivity contribution is 7.92. The van der Waals surface area contributed by atoms with Gasteiger partial charge in [-0.25, -0.2) is 8.42 Å². The number of carbonyl (C=O) groups is 1. The first-order valence-corrected chi connectivity index (χ1v) is 12.3. The lowest BCUT2D eigenvalue weighted by molar-refractivity contribution is -0.128. The van der Waals surface area contributed by atoms with E-state index in [2.05, 4.69) is 0 Å². The molecule has 1 saturated heterocycles. The zero-order valence-electron chi connectivity index (χ0n) is 16.8. The van der Waals surface area contributed by atoms with Gasteiger partial charge in [0.15, 0.2) is 9.84 Å². The van der Waals surface area contributed by atoms with E-state index < -0.39 is 15.6 Å². The molecule has 0 aliphatic carbocycles. The van der Waals surface area contributed by atoms with Gasteiger partial charge < -0.3 is 9.47 Å². The maximum Gasteiger partial charge on any atom is 0.238 e. The van der Waals surface area contributed by atoms with Crippen LogP contribution >= 0.6 is 11.6 Å². The van der Waals surface area contributed by atoms with Crippen molar-refractivity contribution in [1.29, 1.82) is 0 Å². The van der Waals surface area contributed by atoms with Crippen molar-refractivity contribution >= 4 is 38.2 Å². The Kier molecular flexibility index (Phi) is 6.16. The molecule has 2 heterocycles. The van der Waals surface area contributed by atoms with Gasteiger partial charge in [-0.05, 0) is 30.5 Å². The number of hydrogen-bond donors (Lipinski definition) is 0. The molecule has 3 aromatic rings.